The molecule has 1 aliphatic carbocycles. The van der Waals surface area contributed by atoms with Gasteiger partial charge in [-0.3, -0.25) is 0 Å². The summed E-state index contributed by atoms with van der Waals surface area (Å²) >= 11 is 0. The number of hydrogen-bond donors (Lipinski definition) is 1. The van der Waals surface area contributed by atoms with Crippen molar-refractivity contribution in [2.75, 3.05) is 13.1 Å². The maximum Gasteiger partial charge on any atom is 0.0721 e. The van der Waals surface area contributed by atoms with E-state index in [0.29, 0.717) is 6.10 Å². The molecule has 0 aromatic heterocycles. The van der Waals surface area contributed by atoms with Crippen LogP contribution in [0, 0.1) is 0 Å². The number of nitrogens with one attached hydrogen (secondary N) is 1. The Morgan fingerprint density at radius 3 is 3.06 bits per heavy atom. The Morgan fingerprint density at radius 1 is 1.25 bits per heavy atom. The van der Waals surface area contributed by atoms with Crippen molar-refractivity contribution in [1.82, 2.24) is 5.32 Å². The summed E-state index contributed by atoms with van der Waals surface area (Å²) in [7, 11) is 0. The number of benzene rings is 1. The molecule has 16 heavy (non-hydrogen) atoms. The molecule has 1 atom stereocenters. The Labute approximate surface area is 97.0 Å². The van der Waals surface area contributed by atoms with E-state index in [4.69, 9.17) is 4.74 Å². The van der Waals surface area contributed by atoms with E-state index >= 15 is 0 Å². The van der Waals surface area contributed by atoms with Crippen LogP contribution in [0.25, 0.3) is 0 Å². The Morgan fingerprint density at radius 2 is 2.19 bits per heavy atom. The molecular weight excluding hydrogens is 198 g/mol. The first-order valence-electron chi connectivity index (χ1n) is 6.35. The van der Waals surface area contributed by atoms with Crippen molar-refractivity contribution >= 4 is 0 Å². The van der Waals surface area contributed by atoms with Gasteiger partial charge in [0.25, 0.3) is 0 Å². The summed E-state index contributed by atoms with van der Waals surface area (Å²) in [6, 6.07) is 6.85. The Balaban J connectivity index is 1.61. The van der Waals surface area contributed by atoms with Gasteiger partial charge in [-0.2, -0.15) is 0 Å². The predicted molar refractivity (Wildman–Crippen MR) is 64.5 cm³/mol. The van der Waals surface area contributed by atoms with Gasteiger partial charge in [-0.15, -0.1) is 0 Å². The third-order valence-electron chi connectivity index (χ3n) is 3.66. The maximum atomic E-state index is 5.89. The van der Waals surface area contributed by atoms with Crippen LogP contribution in [-0.2, 0) is 24.2 Å². The number of aryl methyl sites for hydroxylation is 2. The third kappa shape index (κ3) is 2.13. The highest BCUT2D eigenvalue weighted by Gasteiger charge is 2.15. The minimum absolute atomic E-state index is 0.424. The van der Waals surface area contributed by atoms with E-state index in [1.807, 2.05) is 0 Å². The van der Waals surface area contributed by atoms with Gasteiger partial charge >= 0.3 is 0 Å². The second-order valence-corrected chi connectivity index (χ2v) is 4.88. The number of hydrogen-bond acceptors (Lipinski definition) is 2. The average Bonchev–Trinajstić information content (AvgIpc) is 2.97. The second kappa shape index (κ2) is 4.56. The molecule has 1 aromatic carbocycles. The fraction of sp³-hybridized carbons (Fsp3) is 0.571. The molecule has 3 rings (SSSR count). The van der Waals surface area contributed by atoms with E-state index in [9.17, 15) is 0 Å². The number of ether oxygens (including phenoxy) is 1. The zero-order valence-electron chi connectivity index (χ0n) is 9.67. The van der Waals surface area contributed by atoms with Crippen LogP contribution in [0.1, 0.15) is 29.5 Å². The molecule has 1 aromatic rings. The van der Waals surface area contributed by atoms with Gasteiger partial charge in [0.15, 0.2) is 0 Å². The predicted octanol–water partition coefficient (Wildman–Crippen LogP) is 2.05. The van der Waals surface area contributed by atoms with Crippen LogP contribution in [0.15, 0.2) is 18.2 Å². The lowest BCUT2D eigenvalue weighted by Gasteiger charge is -2.11. The summed E-state index contributed by atoms with van der Waals surface area (Å²) < 4.78 is 5.89. The minimum Gasteiger partial charge on any atom is -0.372 e. The average molecular weight is 217 g/mol. The molecule has 2 heteroatoms. The molecule has 86 valence electrons. The molecule has 0 amide bonds. The van der Waals surface area contributed by atoms with E-state index in [1.54, 1.807) is 11.1 Å². The lowest BCUT2D eigenvalue weighted by atomic mass is 10.1. The summed E-state index contributed by atoms with van der Waals surface area (Å²) in [6.45, 7) is 2.90. The highest BCUT2D eigenvalue weighted by Crippen LogP contribution is 2.23. The molecule has 0 bridgehead atoms. The fourth-order valence-electron chi connectivity index (χ4n) is 2.70. The van der Waals surface area contributed by atoms with Crippen LogP contribution in [0.5, 0.6) is 0 Å². The molecule has 1 heterocycles. The van der Waals surface area contributed by atoms with Crippen molar-refractivity contribution < 1.29 is 4.74 Å². The summed E-state index contributed by atoms with van der Waals surface area (Å²) in [4.78, 5) is 0. The van der Waals surface area contributed by atoms with Gasteiger partial charge in [-0.1, -0.05) is 18.2 Å². The van der Waals surface area contributed by atoms with Crippen LogP contribution >= 0.6 is 0 Å². The first-order valence-corrected chi connectivity index (χ1v) is 6.35. The lowest BCUT2D eigenvalue weighted by molar-refractivity contribution is 0.0542. The Kier molecular flexibility index (Phi) is 2.94. The smallest absolute Gasteiger partial charge is 0.0721 e. The van der Waals surface area contributed by atoms with Gasteiger partial charge in [0, 0.05) is 6.54 Å². The zero-order chi connectivity index (χ0) is 10.8. The van der Waals surface area contributed by atoms with Gasteiger partial charge in [0.1, 0.15) is 0 Å². The first-order chi connectivity index (χ1) is 7.92. The van der Waals surface area contributed by atoms with E-state index in [2.05, 4.69) is 23.5 Å². The monoisotopic (exact) mass is 217 g/mol. The molecule has 2 nitrogen and oxygen atoms in total. The highest BCUT2D eigenvalue weighted by atomic mass is 16.5. The quantitative estimate of drug-likeness (QED) is 0.836. The van der Waals surface area contributed by atoms with Crippen molar-refractivity contribution in [3.8, 4) is 0 Å². The van der Waals surface area contributed by atoms with E-state index in [-0.39, 0.29) is 0 Å². The minimum atomic E-state index is 0.424. The van der Waals surface area contributed by atoms with E-state index in [0.717, 1.165) is 26.1 Å². The van der Waals surface area contributed by atoms with Gasteiger partial charge < -0.3 is 10.1 Å². The molecule has 1 unspecified atom stereocenters. The van der Waals surface area contributed by atoms with Crippen LogP contribution in [-0.4, -0.2) is 19.2 Å². The standard InChI is InChI=1S/C14H19NO/c1-2-12-5-4-11(8-13(12)3-1)10-16-14-6-7-15-9-14/h4-5,8,14-15H,1-3,6-7,9-10H2. The second-order valence-electron chi connectivity index (χ2n) is 4.88. The zero-order valence-corrected chi connectivity index (χ0v) is 9.67. The molecule has 0 spiro atoms. The molecular formula is C14H19NO. The molecule has 1 fully saturated rings. The van der Waals surface area contributed by atoms with E-state index < -0.39 is 0 Å². The van der Waals surface area contributed by atoms with Crippen molar-refractivity contribution in [2.45, 2.75) is 38.4 Å². The van der Waals surface area contributed by atoms with E-state index in [1.165, 1.54) is 24.8 Å². The molecule has 0 saturated carbocycles. The summed E-state index contributed by atoms with van der Waals surface area (Å²) in [6.07, 6.45) is 5.43. The fourth-order valence-corrected chi connectivity index (χ4v) is 2.70. The SMILES string of the molecule is c1cc2c(cc1COC1CCNC1)CCC2. The van der Waals surface area contributed by atoms with Crippen molar-refractivity contribution in [1.29, 1.82) is 0 Å². The number of fused-ring (bicyclic) bond motifs is 1. The van der Waals surface area contributed by atoms with Gasteiger partial charge in [-0.25, -0.2) is 0 Å². The third-order valence-corrected chi connectivity index (χ3v) is 3.66. The van der Waals surface area contributed by atoms with Gasteiger partial charge in [0.2, 0.25) is 0 Å². The summed E-state index contributed by atoms with van der Waals surface area (Å²) in [5, 5.41) is 3.33. The van der Waals surface area contributed by atoms with Gasteiger partial charge in [0.05, 0.1) is 12.7 Å². The molecule has 2 aliphatic rings. The largest absolute Gasteiger partial charge is 0.372 e. The topological polar surface area (TPSA) is 21.3 Å². The Bertz CT molecular complexity index is 369. The number of rotatable bonds is 3. The first kappa shape index (κ1) is 10.3. The van der Waals surface area contributed by atoms with Crippen molar-refractivity contribution in [2.24, 2.45) is 0 Å². The summed E-state index contributed by atoms with van der Waals surface area (Å²) in [5.74, 6) is 0. The molecule has 0 radical (unpaired) electrons. The van der Waals surface area contributed by atoms with Crippen LogP contribution in [0.4, 0.5) is 0 Å². The molecule has 1 N–H and O–H groups in total. The summed E-state index contributed by atoms with van der Waals surface area (Å²) in [5.41, 5.74) is 4.43. The highest BCUT2D eigenvalue weighted by molar-refractivity contribution is 5.35. The normalized spacial score (nSPS) is 23.6. The maximum absolute atomic E-state index is 5.89. The van der Waals surface area contributed by atoms with Crippen LogP contribution < -0.4 is 5.32 Å². The molecule has 1 saturated heterocycles. The van der Waals surface area contributed by atoms with Gasteiger partial charge in [-0.05, 0) is 48.9 Å². The van der Waals surface area contributed by atoms with Crippen molar-refractivity contribution in [3.63, 3.8) is 0 Å². The lowest BCUT2D eigenvalue weighted by Crippen LogP contribution is -2.16. The van der Waals surface area contributed by atoms with Crippen LogP contribution in [0.3, 0.4) is 0 Å². The molecule has 1 aliphatic heterocycles. The van der Waals surface area contributed by atoms with Crippen LogP contribution in [0.2, 0.25) is 0 Å². The van der Waals surface area contributed by atoms with Crippen molar-refractivity contribution in [3.05, 3.63) is 34.9 Å². The Hall–Kier alpha value is -0.860.